The number of benzene rings is 1. The van der Waals surface area contributed by atoms with E-state index >= 15 is 0 Å². The van der Waals surface area contributed by atoms with E-state index in [1.54, 1.807) is 12.1 Å². The predicted octanol–water partition coefficient (Wildman–Crippen LogP) is 3.28. The summed E-state index contributed by atoms with van der Waals surface area (Å²) in [5.74, 6) is -0.147. The van der Waals surface area contributed by atoms with Crippen LogP contribution in [0.5, 0.6) is 5.75 Å². The van der Waals surface area contributed by atoms with Crippen LogP contribution < -0.4 is 10.1 Å². The molecule has 0 spiro atoms. The van der Waals surface area contributed by atoms with Crippen LogP contribution in [0.3, 0.4) is 0 Å². The monoisotopic (exact) mass is 322 g/mol. The molecule has 2 rings (SSSR count). The number of likely N-dealkylation sites (tertiary alicyclic amines) is 1. The van der Waals surface area contributed by atoms with Gasteiger partial charge < -0.3 is 10.1 Å². The molecule has 1 N–H and O–H groups in total. The van der Waals surface area contributed by atoms with Gasteiger partial charge in [-0.25, -0.2) is 4.39 Å². The SMILES string of the molecule is CCOc1ccc(C(C)NC(=O)CN2CCCCCC2)cc1F. The second kappa shape index (κ2) is 8.87. The van der Waals surface area contributed by atoms with E-state index in [-0.39, 0.29) is 17.7 Å². The minimum Gasteiger partial charge on any atom is -0.491 e. The number of carbonyl (C=O) groups is 1. The molecule has 128 valence electrons. The maximum Gasteiger partial charge on any atom is 0.234 e. The smallest absolute Gasteiger partial charge is 0.234 e. The highest BCUT2D eigenvalue weighted by Gasteiger charge is 2.16. The lowest BCUT2D eigenvalue weighted by Gasteiger charge is -2.21. The molecule has 23 heavy (non-hydrogen) atoms. The number of hydrogen-bond acceptors (Lipinski definition) is 3. The molecule has 1 aromatic carbocycles. The first-order chi connectivity index (χ1) is 11.1. The molecule has 0 saturated carbocycles. The third kappa shape index (κ3) is 5.50. The Morgan fingerprint density at radius 2 is 2.00 bits per heavy atom. The van der Waals surface area contributed by atoms with Crippen molar-refractivity contribution >= 4 is 5.91 Å². The maximum atomic E-state index is 13.9. The van der Waals surface area contributed by atoms with E-state index in [4.69, 9.17) is 4.74 Å². The van der Waals surface area contributed by atoms with Gasteiger partial charge in [0.15, 0.2) is 11.6 Å². The number of hydrogen-bond donors (Lipinski definition) is 1. The molecule has 1 aliphatic heterocycles. The van der Waals surface area contributed by atoms with Crippen LogP contribution in [-0.2, 0) is 4.79 Å². The standard InChI is InChI=1S/C18H27FN2O2/c1-3-23-17-9-8-15(12-16(17)19)14(2)20-18(22)13-21-10-6-4-5-7-11-21/h8-9,12,14H,3-7,10-11,13H2,1-2H3,(H,20,22). The van der Waals surface area contributed by atoms with Crippen LogP contribution in [0.1, 0.15) is 51.1 Å². The molecule has 1 unspecified atom stereocenters. The Bertz CT molecular complexity index is 514. The molecule has 1 fully saturated rings. The van der Waals surface area contributed by atoms with Gasteiger partial charge >= 0.3 is 0 Å². The lowest BCUT2D eigenvalue weighted by atomic mass is 10.1. The molecule has 1 aromatic rings. The summed E-state index contributed by atoms with van der Waals surface area (Å²) >= 11 is 0. The van der Waals surface area contributed by atoms with Crippen LogP contribution in [0.2, 0.25) is 0 Å². The third-order valence-corrected chi connectivity index (χ3v) is 4.20. The van der Waals surface area contributed by atoms with E-state index < -0.39 is 5.82 Å². The minimum atomic E-state index is -0.391. The Kier molecular flexibility index (Phi) is 6.84. The van der Waals surface area contributed by atoms with Crippen molar-refractivity contribution in [3.8, 4) is 5.75 Å². The van der Waals surface area contributed by atoms with Gasteiger partial charge in [-0.2, -0.15) is 0 Å². The van der Waals surface area contributed by atoms with E-state index in [0.717, 1.165) is 31.5 Å². The van der Waals surface area contributed by atoms with E-state index in [9.17, 15) is 9.18 Å². The molecule has 5 heteroatoms. The summed E-state index contributed by atoms with van der Waals surface area (Å²) in [7, 11) is 0. The number of nitrogens with one attached hydrogen (secondary N) is 1. The quantitative estimate of drug-likeness (QED) is 0.874. The summed E-state index contributed by atoms with van der Waals surface area (Å²) in [6.07, 6.45) is 4.82. The minimum absolute atomic E-state index is 0.00584. The van der Waals surface area contributed by atoms with Gasteiger partial charge in [0.05, 0.1) is 19.2 Å². The Morgan fingerprint density at radius 3 is 2.61 bits per heavy atom. The average molecular weight is 322 g/mol. The molecule has 0 radical (unpaired) electrons. The molecule has 0 aliphatic carbocycles. The zero-order valence-electron chi connectivity index (χ0n) is 14.1. The zero-order valence-corrected chi connectivity index (χ0v) is 14.1. The maximum absolute atomic E-state index is 13.9. The van der Waals surface area contributed by atoms with E-state index in [2.05, 4.69) is 10.2 Å². The fourth-order valence-electron chi connectivity index (χ4n) is 2.93. The van der Waals surface area contributed by atoms with E-state index in [0.29, 0.717) is 13.2 Å². The highest BCUT2D eigenvalue weighted by Crippen LogP contribution is 2.22. The van der Waals surface area contributed by atoms with Crippen LogP contribution in [0.15, 0.2) is 18.2 Å². The van der Waals surface area contributed by atoms with Crippen molar-refractivity contribution in [2.45, 2.75) is 45.6 Å². The Hall–Kier alpha value is -1.62. The number of nitrogens with zero attached hydrogens (tertiary/aromatic N) is 1. The molecular weight excluding hydrogens is 295 g/mol. The number of amides is 1. The summed E-state index contributed by atoms with van der Waals surface area (Å²) in [6.45, 7) is 6.51. The van der Waals surface area contributed by atoms with Gasteiger partial charge in [-0.15, -0.1) is 0 Å². The Labute approximate surface area is 138 Å². The van der Waals surface area contributed by atoms with Crippen LogP contribution in [-0.4, -0.2) is 37.0 Å². The predicted molar refractivity (Wildman–Crippen MR) is 89.0 cm³/mol. The lowest BCUT2D eigenvalue weighted by molar-refractivity contribution is -0.122. The molecule has 1 saturated heterocycles. The topological polar surface area (TPSA) is 41.6 Å². The molecule has 0 bridgehead atoms. The average Bonchev–Trinajstić information content (AvgIpc) is 2.78. The lowest BCUT2D eigenvalue weighted by Crippen LogP contribution is -2.38. The first kappa shape index (κ1) is 17.7. The van der Waals surface area contributed by atoms with Crippen molar-refractivity contribution in [1.29, 1.82) is 0 Å². The van der Waals surface area contributed by atoms with Crippen molar-refractivity contribution in [2.24, 2.45) is 0 Å². The van der Waals surface area contributed by atoms with Crippen LogP contribution in [0.4, 0.5) is 4.39 Å². The number of ether oxygens (including phenoxy) is 1. The van der Waals surface area contributed by atoms with Crippen LogP contribution in [0, 0.1) is 5.82 Å². The van der Waals surface area contributed by atoms with Gasteiger partial charge in [0, 0.05) is 0 Å². The fourth-order valence-corrected chi connectivity index (χ4v) is 2.93. The highest BCUT2D eigenvalue weighted by molar-refractivity contribution is 5.78. The van der Waals surface area contributed by atoms with Crippen LogP contribution in [0.25, 0.3) is 0 Å². The summed E-state index contributed by atoms with van der Waals surface area (Å²) < 4.78 is 19.1. The summed E-state index contributed by atoms with van der Waals surface area (Å²) in [6, 6.07) is 4.62. The van der Waals surface area contributed by atoms with Gasteiger partial charge in [-0.05, 0) is 57.5 Å². The molecule has 1 amide bonds. The summed E-state index contributed by atoms with van der Waals surface area (Å²) in [5.41, 5.74) is 0.746. The fraction of sp³-hybridized carbons (Fsp3) is 0.611. The molecule has 1 atom stereocenters. The first-order valence-electron chi connectivity index (χ1n) is 8.54. The Balaban J connectivity index is 1.88. The molecule has 1 heterocycles. The number of rotatable bonds is 6. The van der Waals surface area contributed by atoms with Gasteiger partial charge in [0.25, 0.3) is 0 Å². The van der Waals surface area contributed by atoms with Crippen molar-refractivity contribution < 1.29 is 13.9 Å². The highest BCUT2D eigenvalue weighted by atomic mass is 19.1. The second-order valence-electron chi connectivity index (χ2n) is 6.10. The zero-order chi connectivity index (χ0) is 16.7. The second-order valence-corrected chi connectivity index (χ2v) is 6.10. The van der Waals surface area contributed by atoms with Gasteiger partial charge in [-0.1, -0.05) is 18.9 Å². The third-order valence-electron chi connectivity index (χ3n) is 4.20. The molecule has 0 aromatic heterocycles. The van der Waals surface area contributed by atoms with Gasteiger partial charge in [0.2, 0.25) is 5.91 Å². The van der Waals surface area contributed by atoms with Crippen molar-refractivity contribution in [3.63, 3.8) is 0 Å². The molecular formula is C18H27FN2O2. The van der Waals surface area contributed by atoms with Crippen molar-refractivity contribution in [2.75, 3.05) is 26.2 Å². The van der Waals surface area contributed by atoms with Crippen LogP contribution >= 0.6 is 0 Å². The first-order valence-corrected chi connectivity index (χ1v) is 8.54. The number of carbonyl (C=O) groups excluding carboxylic acids is 1. The van der Waals surface area contributed by atoms with E-state index in [1.807, 2.05) is 13.8 Å². The molecule has 4 nitrogen and oxygen atoms in total. The van der Waals surface area contributed by atoms with Gasteiger partial charge in [0.1, 0.15) is 0 Å². The van der Waals surface area contributed by atoms with Crippen molar-refractivity contribution in [1.82, 2.24) is 10.2 Å². The molecule has 1 aliphatic rings. The normalized spacial score (nSPS) is 17.3. The summed E-state index contributed by atoms with van der Waals surface area (Å²) in [5, 5.41) is 2.95. The Morgan fingerprint density at radius 1 is 1.30 bits per heavy atom. The summed E-state index contributed by atoms with van der Waals surface area (Å²) in [4.78, 5) is 14.4. The van der Waals surface area contributed by atoms with Gasteiger partial charge in [-0.3, -0.25) is 9.69 Å². The van der Waals surface area contributed by atoms with E-state index in [1.165, 1.54) is 18.9 Å². The van der Waals surface area contributed by atoms with Crippen molar-refractivity contribution in [3.05, 3.63) is 29.6 Å². The number of halogens is 1. The largest absolute Gasteiger partial charge is 0.491 e.